The lowest BCUT2D eigenvalue weighted by Crippen LogP contribution is -2.47. The molecule has 0 radical (unpaired) electrons. The molecule has 0 aliphatic carbocycles. The third kappa shape index (κ3) is 7.87. The van der Waals surface area contributed by atoms with Crippen molar-refractivity contribution in [2.45, 2.75) is 59.6 Å². The third-order valence-corrected chi connectivity index (χ3v) is 5.15. The van der Waals surface area contributed by atoms with E-state index < -0.39 is 0 Å². The van der Waals surface area contributed by atoms with Crippen LogP contribution in [-0.2, 0) is 16.0 Å². The number of ether oxygens (including phenoxy) is 2. The van der Waals surface area contributed by atoms with Crippen molar-refractivity contribution in [3.8, 4) is 0 Å². The van der Waals surface area contributed by atoms with Crippen LogP contribution in [0.15, 0.2) is 17.1 Å². The van der Waals surface area contributed by atoms with E-state index in [-0.39, 0.29) is 24.0 Å². The summed E-state index contributed by atoms with van der Waals surface area (Å²) >= 11 is 0. The van der Waals surface area contributed by atoms with E-state index in [4.69, 9.17) is 14.5 Å². The Labute approximate surface area is 188 Å². The number of rotatable bonds is 8. The Morgan fingerprint density at radius 3 is 2.36 bits per heavy atom. The zero-order valence-electron chi connectivity index (χ0n) is 18.2. The van der Waals surface area contributed by atoms with Crippen LogP contribution < -0.4 is 5.32 Å². The highest BCUT2D eigenvalue weighted by atomic mass is 127. The van der Waals surface area contributed by atoms with Gasteiger partial charge in [0.2, 0.25) is 0 Å². The zero-order valence-corrected chi connectivity index (χ0v) is 20.5. The summed E-state index contributed by atoms with van der Waals surface area (Å²) in [4.78, 5) is 7.32. The molecule has 1 aromatic carbocycles. The highest BCUT2D eigenvalue weighted by molar-refractivity contribution is 14.0. The van der Waals surface area contributed by atoms with Gasteiger partial charge in [-0.1, -0.05) is 17.7 Å². The minimum Gasteiger partial charge on any atom is -0.385 e. The lowest BCUT2D eigenvalue weighted by molar-refractivity contribution is 0.00990. The fraction of sp³-hybridized carbons (Fsp3) is 0.682. The van der Waals surface area contributed by atoms with Crippen LogP contribution in [0.1, 0.15) is 48.4 Å². The molecule has 1 fully saturated rings. The highest BCUT2D eigenvalue weighted by Crippen LogP contribution is 2.18. The van der Waals surface area contributed by atoms with Gasteiger partial charge in [0.15, 0.2) is 5.96 Å². The fourth-order valence-electron chi connectivity index (χ4n) is 3.73. The van der Waals surface area contributed by atoms with E-state index in [1.807, 2.05) is 0 Å². The molecule has 0 unspecified atom stereocenters. The fourth-order valence-corrected chi connectivity index (χ4v) is 3.73. The molecule has 160 valence electrons. The Kier molecular flexibility index (Phi) is 12.0. The molecule has 1 aromatic rings. The van der Waals surface area contributed by atoms with Crippen LogP contribution in [0.2, 0.25) is 0 Å². The minimum absolute atomic E-state index is 0. The van der Waals surface area contributed by atoms with Crippen molar-refractivity contribution in [1.82, 2.24) is 10.2 Å². The van der Waals surface area contributed by atoms with E-state index in [9.17, 15) is 0 Å². The van der Waals surface area contributed by atoms with Gasteiger partial charge in [-0.05, 0) is 63.6 Å². The van der Waals surface area contributed by atoms with Gasteiger partial charge < -0.3 is 19.7 Å². The average molecular weight is 503 g/mol. The first-order valence-corrected chi connectivity index (χ1v) is 10.3. The lowest BCUT2D eigenvalue weighted by atomic mass is 10.00. The molecule has 0 spiro atoms. The number of piperidine rings is 1. The topological polar surface area (TPSA) is 46.1 Å². The number of hydrogen-bond acceptors (Lipinski definition) is 3. The average Bonchev–Trinajstić information content (AvgIpc) is 2.64. The summed E-state index contributed by atoms with van der Waals surface area (Å²) in [5.41, 5.74) is 5.31. The largest absolute Gasteiger partial charge is 0.385 e. The number of aryl methyl sites for hydroxylation is 3. The van der Waals surface area contributed by atoms with Gasteiger partial charge in [0.05, 0.1) is 12.6 Å². The van der Waals surface area contributed by atoms with Crippen molar-refractivity contribution in [2.75, 3.05) is 40.0 Å². The number of aliphatic imine (C=N–C) groups is 1. The van der Waals surface area contributed by atoms with E-state index in [0.717, 1.165) is 64.6 Å². The van der Waals surface area contributed by atoms with Crippen molar-refractivity contribution >= 4 is 29.9 Å². The summed E-state index contributed by atoms with van der Waals surface area (Å²) in [5, 5.41) is 3.47. The van der Waals surface area contributed by atoms with E-state index >= 15 is 0 Å². The Morgan fingerprint density at radius 2 is 1.79 bits per heavy atom. The number of hydrogen-bond donors (Lipinski definition) is 1. The monoisotopic (exact) mass is 503 g/mol. The first-order valence-electron chi connectivity index (χ1n) is 10.3. The number of benzene rings is 1. The van der Waals surface area contributed by atoms with Gasteiger partial charge in [0.1, 0.15) is 0 Å². The van der Waals surface area contributed by atoms with Crippen molar-refractivity contribution in [1.29, 1.82) is 0 Å². The maximum absolute atomic E-state index is 5.98. The molecule has 0 atom stereocenters. The molecular weight excluding hydrogens is 465 g/mol. The molecule has 5 nitrogen and oxygen atoms in total. The predicted octanol–water partition coefficient (Wildman–Crippen LogP) is 4.21. The van der Waals surface area contributed by atoms with Gasteiger partial charge in [0, 0.05) is 40.0 Å². The van der Waals surface area contributed by atoms with Gasteiger partial charge in [-0.25, -0.2) is 4.99 Å². The lowest BCUT2D eigenvalue weighted by Gasteiger charge is -2.34. The number of nitrogens with zero attached hydrogens (tertiary/aromatic N) is 2. The SMILES string of the molecule is CCNC(=NCc1c(C)cc(C)cc1C)N1CCC(OCCCOC)CC1.I. The first kappa shape index (κ1) is 25.2. The molecule has 1 saturated heterocycles. The Hall–Kier alpha value is -0.860. The predicted molar refractivity (Wildman–Crippen MR) is 128 cm³/mol. The summed E-state index contributed by atoms with van der Waals surface area (Å²) in [5.74, 6) is 1.02. The van der Waals surface area contributed by atoms with Crippen molar-refractivity contribution in [3.63, 3.8) is 0 Å². The number of methoxy groups -OCH3 is 1. The molecule has 0 bridgehead atoms. The molecule has 0 aromatic heterocycles. The van der Waals surface area contributed by atoms with E-state index in [1.165, 1.54) is 22.3 Å². The van der Waals surface area contributed by atoms with E-state index in [1.54, 1.807) is 7.11 Å². The first-order chi connectivity index (χ1) is 13.0. The Balaban J connectivity index is 0.00000392. The van der Waals surface area contributed by atoms with E-state index in [2.05, 4.69) is 50.0 Å². The van der Waals surface area contributed by atoms with Crippen molar-refractivity contribution in [3.05, 3.63) is 34.4 Å². The second-order valence-electron chi connectivity index (χ2n) is 7.45. The number of likely N-dealkylation sites (tertiary alicyclic amines) is 1. The van der Waals surface area contributed by atoms with Crippen LogP contribution in [0.4, 0.5) is 0 Å². The molecular formula is C22H38IN3O2. The normalized spacial score (nSPS) is 15.5. The molecule has 1 aliphatic heterocycles. The quantitative estimate of drug-likeness (QED) is 0.250. The van der Waals surface area contributed by atoms with Crippen LogP contribution in [0.25, 0.3) is 0 Å². The van der Waals surface area contributed by atoms with Crippen LogP contribution in [0.3, 0.4) is 0 Å². The van der Waals surface area contributed by atoms with Crippen LogP contribution in [0.5, 0.6) is 0 Å². The van der Waals surface area contributed by atoms with Gasteiger partial charge >= 0.3 is 0 Å². The highest BCUT2D eigenvalue weighted by Gasteiger charge is 2.22. The molecule has 1 heterocycles. The van der Waals surface area contributed by atoms with E-state index in [0.29, 0.717) is 6.10 Å². The molecule has 1 N–H and O–H groups in total. The molecule has 6 heteroatoms. The third-order valence-electron chi connectivity index (χ3n) is 5.15. The van der Waals surface area contributed by atoms with Crippen LogP contribution in [-0.4, -0.2) is 56.9 Å². The molecule has 1 aliphatic rings. The molecule has 2 rings (SSSR count). The zero-order chi connectivity index (χ0) is 19.6. The standard InChI is InChI=1S/C22H37N3O2.HI/c1-6-23-22(24-16-21-18(3)14-17(2)15-19(21)4)25-10-8-20(9-11-25)27-13-7-12-26-5;/h14-15,20H,6-13,16H2,1-5H3,(H,23,24);1H. The summed E-state index contributed by atoms with van der Waals surface area (Å²) in [6.07, 6.45) is 3.44. The van der Waals surface area contributed by atoms with Crippen molar-refractivity contribution in [2.24, 2.45) is 4.99 Å². The number of guanidine groups is 1. The van der Waals surface area contributed by atoms with Gasteiger partial charge in [-0.15, -0.1) is 24.0 Å². The summed E-state index contributed by atoms with van der Waals surface area (Å²) < 4.78 is 11.1. The minimum atomic E-state index is 0. The smallest absolute Gasteiger partial charge is 0.194 e. The second-order valence-corrected chi connectivity index (χ2v) is 7.45. The van der Waals surface area contributed by atoms with Crippen LogP contribution >= 0.6 is 24.0 Å². The number of halogens is 1. The molecule has 28 heavy (non-hydrogen) atoms. The summed E-state index contributed by atoms with van der Waals surface area (Å²) in [6.45, 7) is 13.8. The van der Waals surface area contributed by atoms with Gasteiger partial charge in [-0.2, -0.15) is 0 Å². The Bertz CT molecular complexity index is 591. The van der Waals surface area contributed by atoms with Gasteiger partial charge in [0.25, 0.3) is 0 Å². The van der Waals surface area contributed by atoms with Gasteiger partial charge in [-0.3, -0.25) is 0 Å². The summed E-state index contributed by atoms with van der Waals surface area (Å²) in [6, 6.07) is 4.49. The molecule has 0 saturated carbocycles. The summed E-state index contributed by atoms with van der Waals surface area (Å²) in [7, 11) is 1.74. The number of nitrogens with one attached hydrogen (secondary N) is 1. The maximum atomic E-state index is 5.98. The second kappa shape index (κ2) is 13.4. The van der Waals surface area contributed by atoms with Crippen molar-refractivity contribution < 1.29 is 9.47 Å². The molecule has 0 amide bonds. The van der Waals surface area contributed by atoms with Crippen LogP contribution in [0, 0.1) is 20.8 Å². The Morgan fingerprint density at radius 1 is 1.14 bits per heavy atom. The maximum Gasteiger partial charge on any atom is 0.194 e.